The summed E-state index contributed by atoms with van der Waals surface area (Å²) in [7, 11) is 0. The van der Waals surface area contributed by atoms with Crippen LogP contribution < -0.4 is 0 Å². The van der Waals surface area contributed by atoms with Gasteiger partial charge in [0.05, 0.1) is 17.6 Å². The second-order valence-electron chi connectivity index (χ2n) is 14.5. The van der Waals surface area contributed by atoms with Crippen molar-refractivity contribution >= 4 is 5.78 Å². The van der Waals surface area contributed by atoms with Gasteiger partial charge in [0.1, 0.15) is 0 Å². The first kappa shape index (κ1) is 23.1. The van der Waals surface area contributed by atoms with E-state index in [2.05, 4.69) is 54.5 Å². The van der Waals surface area contributed by atoms with Crippen molar-refractivity contribution in [3.05, 3.63) is 11.6 Å². The molecule has 5 aliphatic carbocycles. The van der Waals surface area contributed by atoms with Crippen LogP contribution in [0.25, 0.3) is 0 Å². The summed E-state index contributed by atoms with van der Waals surface area (Å²) in [6.07, 6.45) is 10.6. The zero-order valence-electron chi connectivity index (χ0n) is 21.6. The van der Waals surface area contributed by atoms with Gasteiger partial charge in [-0.25, -0.2) is 0 Å². The third-order valence-corrected chi connectivity index (χ3v) is 12.5. The van der Waals surface area contributed by atoms with Gasteiger partial charge in [-0.3, -0.25) is 4.79 Å². The first-order valence-corrected chi connectivity index (χ1v) is 13.3. The first-order valence-electron chi connectivity index (χ1n) is 13.3. The highest BCUT2D eigenvalue weighted by Gasteiger charge is 2.68. The van der Waals surface area contributed by atoms with E-state index in [-0.39, 0.29) is 44.9 Å². The number of carbonyl (C=O) groups is 1. The summed E-state index contributed by atoms with van der Waals surface area (Å²) < 4.78 is 0. The SMILES string of the molecule is CC1(C)CC[C@]2(O)CC[C@]3(C)C(=CC[C@@H]4[C@@]5(C)CC[C@H](O)C(C)(C)[C@@H]5CC[C@]43C)C(=O)[C@@H]12. The van der Waals surface area contributed by atoms with Crippen molar-refractivity contribution in [2.45, 2.75) is 118 Å². The summed E-state index contributed by atoms with van der Waals surface area (Å²) in [5.41, 5.74) is 0.0578. The molecular formula is C29H46O3. The molecule has 2 N–H and O–H groups in total. The fourth-order valence-corrected chi connectivity index (χ4v) is 10.3. The molecule has 0 spiro atoms. The summed E-state index contributed by atoms with van der Waals surface area (Å²) >= 11 is 0. The maximum absolute atomic E-state index is 14.2. The van der Waals surface area contributed by atoms with Crippen LogP contribution in [0.2, 0.25) is 0 Å². The Hall–Kier alpha value is -0.670. The number of allylic oxidation sites excluding steroid dienone is 2. The van der Waals surface area contributed by atoms with Crippen LogP contribution in [0.1, 0.15) is 106 Å². The van der Waals surface area contributed by atoms with Gasteiger partial charge >= 0.3 is 0 Å². The van der Waals surface area contributed by atoms with Crippen molar-refractivity contribution in [1.82, 2.24) is 0 Å². The Morgan fingerprint density at radius 1 is 0.844 bits per heavy atom. The third-order valence-electron chi connectivity index (χ3n) is 12.5. The fraction of sp³-hybridized carbons (Fsp3) is 0.897. The molecule has 0 aromatic carbocycles. The van der Waals surface area contributed by atoms with Crippen LogP contribution in [0.4, 0.5) is 0 Å². The fourth-order valence-electron chi connectivity index (χ4n) is 10.3. The quantitative estimate of drug-likeness (QED) is 0.478. The molecule has 32 heavy (non-hydrogen) atoms. The van der Waals surface area contributed by atoms with Crippen molar-refractivity contribution in [3.8, 4) is 0 Å². The number of aliphatic hydroxyl groups excluding tert-OH is 1. The predicted octanol–water partition coefficient (Wildman–Crippen LogP) is 6.07. The maximum atomic E-state index is 14.2. The summed E-state index contributed by atoms with van der Waals surface area (Å²) in [6.45, 7) is 16.3. The number of rotatable bonds is 0. The Kier molecular flexibility index (Phi) is 4.69. The molecule has 8 atom stereocenters. The minimum atomic E-state index is -0.842. The Morgan fingerprint density at radius 2 is 1.50 bits per heavy atom. The first-order chi connectivity index (χ1) is 14.6. The molecule has 0 radical (unpaired) electrons. The molecule has 0 aliphatic heterocycles. The number of Topliss-reactive ketones (excluding diaryl/α,β-unsaturated/α-hetero) is 1. The van der Waals surface area contributed by atoms with Gasteiger partial charge in [0.2, 0.25) is 0 Å². The van der Waals surface area contributed by atoms with Gasteiger partial charge < -0.3 is 10.2 Å². The number of hydrogen-bond acceptors (Lipinski definition) is 3. The van der Waals surface area contributed by atoms with E-state index in [1.165, 1.54) is 0 Å². The average molecular weight is 443 g/mol. The van der Waals surface area contributed by atoms with Gasteiger partial charge in [0.25, 0.3) is 0 Å². The zero-order valence-corrected chi connectivity index (χ0v) is 21.6. The molecule has 0 heterocycles. The van der Waals surface area contributed by atoms with Crippen molar-refractivity contribution < 1.29 is 15.0 Å². The van der Waals surface area contributed by atoms with E-state index < -0.39 is 5.60 Å². The molecule has 0 aromatic heterocycles. The molecule has 3 nitrogen and oxygen atoms in total. The van der Waals surface area contributed by atoms with E-state index in [0.717, 1.165) is 63.4 Å². The summed E-state index contributed by atoms with van der Waals surface area (Å²) in [4.78, 5) is 14.2. The Bertz CT molecular complexity index is 870. The molecule has 4 fully saturated rings. The normalized spacial score (nSPS) is 53.9. The lowest BCUT2D eigenvalue weighted by Gasteiger charge is -2.68. The number of fused-ring (bicyclic) bond motifs is 6. The smallest absolute Gasteiger partial charge is 0.165 e. The second kappa shape index (κ2) is 6.51. The molecule has 5 aliphatic rings. The van der Waals surface area contributed by atoms with E-state index in [9.17, 15) is 15.0 Å². The highest BCUT2D eigenvalue weighted by Crippen LogP contribution is 2.73. The third kappa shape index (κ3) is 2.59. The van der Waals surface area contributed by atoms with Crippen LogP contribution in [-0.2, 0) is 4.79 Å². The summed E-state index contributed by atoms with van der Waals surface area (Å²) in [5.74, 6) is 1.02. The molecule has 5 rings (SSSR count). The van der Waals surface area contributed by atoms with E-state index >= 15 is 0 Å². The maximum Gasteiger partial charge on any atom is 0.165 e. The van der Waals surface area contributed by atoms with Crippen molar-refractivity contribution in [2.75, 3.05) is 0 Å². The largest absolute Gasteiger partial charge is 0.393 e. The molecule has 0 saturated heterocycles. The van der Waals surface area contributed by atoms with E-state index in [0.29, 0.717) is 11.8 Å². The molecule has 0 bridgehead atoms. The van der Waals surface area contributed by atoms with E-state index in [1.807, 2.05) is 0 Å². The molecular weight excluding hydrogens is 396 g/mol. The topological polar surface area (TPSA) is 57.5 Å². The van der Waals surface area contributed by atoms with Crippen LogP contribution in [0.15, 0.2) is 11.6 Å². The molecule has 3 heteroatoms. The second-order valence-corrected chi connectivity index (χ2v) is 14.5. The van der Waals surface area contributed by atoms with Gasteiger partial charge in [0, 0.05) is 5.41 Å². The molecule has 4 saturated carbocycles. The number of aliphatic hydroxyl groups is 2. The molecule has 0 unspecified atom stereocenters. The number of ketones is 1. The van der Waals surface area contributed by atoms with Crippen LogP contribution in [0, 0.1) is 44.8 Å². The Balaban J connectivity index is 1.60. The van der Waals surface area contributed by atoms with Gasteiger partial charge in [-0.15, -0.1) is 0 Å². The van der Waals surface area contributed by atoms with Crippen LogP contribution in [0.3, 0.4) is 0 Å². The van der Waals surface area contributed by atoms with Gasteiger partial charge in [-0.1, -0.05) is 54.5 Å². The number of hydrogen-bond donors (Lipinski definition) is 2. The zero-order chi connectivity index (χ0) is 23.5. The lowest BCUT2D eigenvalue weighted by Crippen LogP contribution is -2.63. The summed E-state index contributed by atoms with van der Waals surface area (Å²) in [5, 5.41) is 22.5. The van der Waals surface area contributed by atoms with E-state index in [1.54, 1.807) is 0 Å². The highest BCUT2D eigenvalue weighted by molar-refractivity contribution is 6.00. The minimum Gasteiger partial charge on any atom is -0.393 e. The van der Waals surface area contributed by atoms with Crippen molar-refractivity contribution in [3.63, 3.8) is 0 Å². The van der Waals surface area contributed by atoms with Gasteiger partial charge in [-0.2, -0.15) is 0 Å². The summed E-state index contributed by atoms with van der Waals surface area (Å²) in [6, 6.07) is 0. The standard InChI is InChI=1S/C29H46O3/c1-24(2)14-16-29(32)17-15-27(6)18(22(31)23(24)29)8-9-20-26(5)12-11-21(30)25(3,4)19(26)10-13-28(20,27)7/h8,19-21,23,30,32H,9-17H2,1-7H3/t19-,20+,21-,23-,26-,27+,28+,29-/m0/s1. The van der Waals surface area contributed by atoms with E-state index in [4.69, 9.17) is 0 Å². The lowest BCUT2D eigenvalue weighted by atomic mass is 9.36. The molecule has 0 aromatic rings. The lowest BCUT2D eigenvalue weighted by molar-refractivity contribution is -0.195. The highest BCUT2D eigenvalue weighted by atomic mass is 16.3. The molecule has 0 amide bonds. The van der Waals surface area contributed by atoms with Gasteiger partial charge in [-0.05, 0) is 96.9 Å². The minimum absolute atomic E-state index is 0.0511. The van der Waals surface area contributed by atoms with Crippen LogP contribution in [-0.4, -0.2) is 27.7 Å². The van der Waals surface area contributed by atoms with Crippen molar-refractivity contribution in [1.29, 1.82) is 0 Å². The monoisotopic (exact) mass is 442 g/mol. The number of carbonyl (C=O) groups excluding carboxylic acids is 1. The van der Waals surface area contributed by atoms with Crippen LogP contribution >= 0.6 is 0 Å². The van der Waals surface area contributed by atoms with Gasteiger partial charge in [0.15, 0.2) is 5.78 Å². The Labute approximate surface area is 195 Å². The average Bonchev–Trinajstić information content (AvgIpc) is 2.88. The molecule has 180 valence electrons. The van der Waals surface area contributed by atoms with Crippen LogP contribution in [0.5, 0.6) is 0 Å². The van der Waals surface area contributed by atoms with Crippen molar-refractivity contribution in [2.24, 2.45) is 44.8 Å². The Morgan fingerprint density at radius 3 is 2.19 bits per heavy atom. The predicted molar refractivity (Wildman–Crippen MR) is 128 cm³/mol.